The minimum atomic E-state index is -0.876. The molecule has 2 heteroatoms. The van der Waals surface area contributed by atoms with Crippen LogP contribution in [0.25, 0.3) is 0 Å². The summed E-state index contributed by atoms with van der Waals surface area (Å²) >= 11 is 0. The van der Waals surface area contributed by atoms with Crippen LogP contribution >= 0.6 is 0 Å². The van der Waals surface area contributed by atoms with Crippen molar-refractivity contribution in [2.45, 2.75) is 27.2 Å². The van der Waals surface area contributed by atoms with E-state index in [1.165, 1.54) is 22.3 Å². The zero-order valence-electron chi connectivity index (χ0n) is 11.5. The number of carboxylic acid groups (broad SMARTS) is 1. The monoisotopic (exact) mass is 254 g/mol. The highest BCUT2D eigenvalue weighted by atomic mass is 16.4. The molecule has 2 rings (SSSR count). The van der Waals surface area contributed by atoms with Gasteiger partial charge in [-0.25, -0.2) is 4.79 Å². The van der Waals surface area contributed by atoms with Crippen LogP contribution in [0.2, 0.25) is 0 Å². The van der Waals surface area contributed by atoms with Crippen molar-refractivity contribution in [2.75, 3.05) is 0 Å². The summed E-state index contributed by atoms with van der Waals surface area (Å²) in [5.74, 6) is -0.876. The van der Waals surface area contributed by atoms with Crippen molar-refractivity contribution in [3.05, 3.63) is 69.8 Å². The molecule has 0 aliphatic carbocycles. The van der Waals surface area contributed by atoms with Crippen molar-refractivity contribution < 1.29 is 9.90 Å². The first-order chi connectivity index (χ1) is 8.99. The maximum absolute atomic E-state index is 11.0. The van der Waals surface area contributed by atoms with Gasteiger partial charge in [0.15, 0.2) is 0 Å². The fourth-order valence-corrected chi connectivity index (χ4v) is 2.24. The van der Waals surface area contributed by atoms with Crippen molar-refractivity contribution in [2.24, 2.45) is 0 Å². The number of carbonyl (C=O) groups is 1. The third-order valence-corrected chi connectivity index (χ3v) is 3.74. The van der Waals surface area contributed by atoms with Gasteiger partial charge in [0.1, 0.15) is 0 Å². The Balaban J connectivity index is 2.34. The van der Waals surface area contributed by atoms with Crippen molar-refractivity contribution in [3.63, 3.8) is 0 Å². The minimum Gasteiger partial charge on any atom is -0.478 e. The van der Waals surface area contributed by atoms with Gasteiger partial charge < -0.3 is 5.11 Å². The second-order valence-electron chi connectivity index (χ2n) is 4.97. The third kappa shape index (κ3) is 2.84. The fraction of sp³-hybridized carbons (Fsp3) is 0.235. The largest absolute Gasteiger partial charge is 0.478 e. The Bertz CT molecular complexity index is 627. The summed E-state index contributed by atoms with van der Waals surface area (Å²) < 4.78 is 0. The molecule has 0 heterocycles. The van der Waals surface area contributed by atoms with Crippen molar-refractivity contribution in [1.29, 1.82) is 0 Å². The van der Waals surface area contributed by atoms with E-state index < -0.39 is 5.97 Å². The van der Waals surface area contributed by atoms with Crippen LogP contribution in [0.15, 0.2) is 36.4 Å². The van der Waals surface area contributed by atoms with E-state index in [-0.39, 0.29) is 0 Å². The predicted molar refractivity (Wildman–Crippen MR) is 76.9 cm³/mol. The van der Waals surface area contributed by atoms with Crippen LogP contribution in [-0.4, -0.2) is 11.1 Å². The fourth-order valence-electron chi connectivity index (χ4n) is 2.24. The Kier molecular flexibility index (Phi) is 3.70. The van der Waals surface area contributed by atoms with Crippen LogP contribution < -0.4 is 0 Å². The molecule has 19 heavy (non-hydrogen) atoms. The van der Waals surface area contributed by atoms with E-state index in [1.54, 1.807) is 18.2 Å². The van der Waals surface area contributed by atoms with Gasteiger partial charge in [-0.1, -0.05) is 24.3 Å². The molecule has 0 saturated carbocycles. The molecule has 0 saturated heterocycles. The molecule has 98 valence electrons. The quantitative estimate of drug-likeness (QED) is 0.902. The van der Waals surface area contributed by atoms with E-state index in [9.17, 15) is 4.79 Å². The van der Waals surface area contributed by atoms with Crippen molar-refractivity contribution >= 4 is 5.97 Å². The average molecular weight is 254 g/mol. The number of aryl methyl sites for hydroxylation is 1. The number of carboxylic acids is 1. The number of rotatable bonds is 3. The Morgan fingerprint density at radius 2 is 1.79 bits per heavy atom. The van der Waals surface area contributed by atoms with Crippen molar-refractivity contribution in [3.8, 4) is 0 Å². The lowest BCUT2D eigenvalue weighted by molar-refractivity contribution is 0.0697. The molecule has 0 amide bonds. The molecule has 0 radical (unpaired) electrons. The van der Waals surface area contributed by atoms with Crippen LogP contribution in [0.4, 0.5) is 0 Å². The normalized spacial score (nSPS) is 10.5. The van der Waals surface area contributed by atoms with E-state index in [1.807, 2.05) is 6.07 Å². The van der Waals surface area contributed by atoms with E-state index in [0.29, 0.717) is 5.56 Å². The molecule has 2 nitrogen and oxygen atoms in total. The van der Waals surface area contributed by atoms with Gasteiger partial charge in [0, 0.05) is 0 Å². The first-order valence-electron chi connectivity index (χ1n) is 6.37. The molecule has 0 aliphatic rings. The molecule has 0 atom stereocenters. The topological polar surface area (TPSA) is 37.3 Å². The maximum atomic E-state index is 11.0. The lowest BCUT2D eigenvalue weighted by atomic mass is 9.94. The smallest absolute Gasteiger partial charge is 0.335 e. The summed E-state index contributed by atoms with van der Waals surface area (Å²) in [6.45, 7) is 6.36. The van der Waals surface area contributed by atoms with E-state index in [4.69, 9.17) is 5.11 Å². The van der Waals surface area contributed by atoms with E-state index >= 15 is 0 Å². The Morgan fingerprint density at radius 3 is 2.47 bits per heavy atom. The number of hydrogen-bond donors (Lipinski definition) is 1. The second-order valence-corrected chi connectivity index (χ2v) is 4.97. The molecule has 0 aromatic heterocycles. The van der Waals surface area contributed by atoms with Crippen LogP contribution in [-0.2, 0) is 6.42 Å². The summed E-state index contributed by atoms with van der Waals surface area (Å²) in [4.78, 5) is 11.0. The molecule has 0 spiro atoms. The lowest BCUT2D eigenvalue weighted by Crippen LogP contribution is -1.99. The van der Waals surface area contributed by atoms with Gasteiger partial charge in [0.2, 0.25) is 0 Å². The Labute approximate surface area is 113 Å². The average Bonchev–Trinajstić information content (AvgIpc) is 2.40. The second kappa shape index (κ2) is 5.27. The lowest BCUT2D eigenvalue weighted by Gasteiger charge is -2.11. The molecule has 1 N–H and O–H groups in total. The molecule has 0 bridgehead atoms. The van der Waals surface area contributed by atoms with Crippen LogP contribution in [0.1, 0.15) is 38.2 Å². The van der Waals surface area contributed by atoms with Crippen LogP contribution in [0.3, 0.4) is 0 Å². The Morgan fingerprint density at radius 1 is 1.05 bits per heavy atom. The minimum absolute atomic E-state index is 0.346. The van der Waals surface area contributed by atoms with Gasteiger partial charge in [-0.15, -0.1) is 0 Å². The molecule has 0 unspecified atom stereocenters. The highest BCUT2D eigenvalue weighted by Gasteiger charge is 2.07. The van der Waals surface area contributed by atoms with Crippen molar-refractivity contribution in [1.82, 2.24) is 0 Å². The highest BCUT2D eigenvalue weighted by Crippen LogP contribution is 2.20. The molecule has 0 fully saturated rings. The zero-order chi connectivity index (χ0) is 14.0. The highest BCUT2D eigenvalue weighted by molar-refractivity contribution is 5.87. The predicted octanol–water partition coefficient (Wildman–Crippen LogP) is 3.90. The number of aromatic carboxylic acids is 1. The SMILES string of the molecule is Cc1ccc(Cc2cccc(C(=O)O)c2)c(C)c1C. The molecular formula is C17H18O2. The standard InChI is InChI=1S/C17H18O2/c1-11-7-8-15(13(3)12(11)2)9-14-5-4-6-16(10-14)17(18)19/h4-8,10H,9H2,1-3H3,(H,18,19). The zero-order valence-corrected chi connectivity index (χ0v) is 11.5. The summed E-state index contributed by atoms with van der Waals surface area (Å²) in [6.07, 6.45) is 0.772. The van der Waals surface area contributed by atoms with Gasteiger partial charge in [0.05, 0.1) is 5.56 Å². The molecule has 0 aliphatic heterocycles. The summed E-state index contributed by atoms with van der Waals surface area (Å²) in [6, 6.07) is 11.4. The first-order valence-corrected chi connectivity index (χ1v) is 6.37. The van der Waals surface area contributed by atoms with Gasteiger partial charge in [-0.3, -0.25) is 0 Å². The first kappa shape index (κ1) is 13.3. The maximum Gasteiger partial charge on any atom is 0.335 e. The number of hydrogen-bond acceptors (Lipinski definition) is 1. The summed E-state index contributed by atoms with van der Waals surface area (Å²) in [7, 11) is 0. The van der Waals surface area contributed by atoms with Gasteiger partial charge in [-0.2, -0.15) is 0 Å². The van der Waals surface area contributed by atoms with E-state index in [0.717, 1.165) is 12.0 Å². The molecular weight excluding hydrogens is 236 g/mol. The van der Waals surface area contributed by atoms with Crippen LogP contribution in [0.5, 0.6) is 0 Å². The summed E-state index contributed by atoms with van der Waals surface area (Å²) in [5, 5.41) is 9.01. The van der Waals surface area contributed by atoms with E-state index in [2.05, 4.69) is 32.9 Å². The van der Waals surface area contributed by atoms with Gasteiger partial charge in [0.25, 0.3) is 0 Å². The summed E-state index contributed by atoms with van der Waals surface area (Å²) in [5.41, 5.74) is 6.53. The van der Waals surface area contributed by atoms with Gasteiger partial charge in [-0.05, 0) is 67.1 Å². The van der Waals surface area contributed by atoms with Crippen LogP contribution in [0, 0.1) is 20.8 Å². The van der Waals surface area contributed by atoms with Gasteiger partial charge >= 0.3 is 5.97 Å². The third-order valence-electron chi connectivity index (χ3n) is 3.74. The molecule has 2 aromatic carbocycles. The number of benzene rings is 2. The molecule has 2 aromatic rings. The Hall–Kier alpha value is -2.09.